The van der Waals surface area contributed by atoms with Gasteiger partial charge in [0.25, 0.3) is 0 Å². The summed E-state index contributed by atoms with van der Waals surface area (Å²) in [5, 5.41) is 3.34. The SMILES string of the molecule is CCNC(=NCc1ccc(F)c(COC)c1)N1CCC(COC)C1. The maximum atomic E-state index is 13.7. The normalized spacial score (nSPS) is 18.2. The minimum absolute atomic E-state index is 0.238. The van der Waals surface area contributed by atoms with Crippen molar-refractivity contribution in [1.29, 1.82) is 0 Å². The van der Waals surface area contributed by atoms with Gasteiger partial charge in [0.05, 0.1) is 19.8 Å². The number of hydrogen-bond donors (Lipinski definition) is 1. The van der Waals surface area contributed by atoms with Crippen molar-refractivity contribution < 1.29 is 13.9 Å². The monoisotopic (exact) mass is 337 g/mol. The predicted molar refractivity (Wildman–Crippen MR) is 93.5 cm³/mol. The van der Waals surface area contributed by atoms with Gasteiger partial charge in [0.2, 0.25) is 0 Å². The van der Waals surface area contributed by atoms with Crippen molar-refractivity contribution in [3.8, 4) is 0 Å². The van der Waals surface area contributed by atoms with Gasteiger partial charge in [0.15, 0.2) is 5.96 Å². The average Bonchev–Trinajstić information content (AvgIpc) is 3.03. The van der Waals surface area contributed by atoms with E-state index in [1.165, 1.54) is 6.07 Å². The van der Waals surface area contributed by atoms with Crippen LogP contribution in [0.2, 0.25) is 0 Å². The first-order valence-electron chi connectivity index (χ1n) is 8.46. The van der Waals surface area contributed by atoms with Gasteiger partial charge in [-0.15, -0.1) is 0 Å². The molecule has 2 rings (SSSR count). The lowest BCUT2D eigenvalue weighted by atomic mass is 10.1. The van der Waals surface area contributed by atoms with E-state index in [4.69, 9.17) is 14.5 Å². The van der Waals surface area contributed by atoms with Crippen molar-refractivity contribution >= 4 is 5.96 Å². The van der Waals surface area contributed by atoms with Crippen LogP contribution >= 0.6 is 0 Å². The summed E-state index contributed by atoms with van der Waals surface area (Å²) in [5.74, 6) is 1.23. The first kappa shape index (κ1) is 18.7. The van der Waals surface area contributed by atoms with Crippen molar-refractivity contribution in [3.05, 3.63) is 35.1 Å². The molecule has 5 nitrogen and oxygen atoms in total. The fourth-order valence-electron chi connectivity index (χ4n) is 2.98. The number of nitrogens with zero attached hydrogens (tertiary/aromatic N) is 2. The maximum Gasteiger partial charge on any atom is 0.194 e. The number of guanidine groups is 1. The second-order valence-corrected chi connectivity index (χ2v) is 6.08. The van der Waals surface area contributed by atoms with E-state index in [0.717, 1.165) is 44.2 Å². The van der Waals surface area contributed by atoms with Crippen LogP contribution in [0.15, 0.2) is 23.2 Å². The summed E-state index contributed by atoms with van der Waals surface area (Å²) in [7, 11) is 3.31. The molecular weight excluding hydrogens is 309 g/mol. The smallest absolute Gasteiger partial charge is 0.194 e. The van der Waals surface area contributed by atoms with Gasteiger partial charge in [-0.3, -0.25) is 0 Å². The van der Waals surface area contributed by atoms with Crippen LogP contribution in [-0.2, 0) is 22.6 Å². The second kappa shape index (κ2) is 9.59. The van der Waals surface area contributed by atoms with Crippen LogP contribution in [0.4, 0.5) is 4.39 Å². The van der Waals surface area contributed by atoms with Crippen LogP contribution in [0.1, 0.15) is 24.5 Å². The topological polar surface area (TPSA) is 46.1 Å². The zero-order valence-electron chi connectivity index (χ0n) is 14.8. The third-order valence-corrected chi connectivity index (χ3v) is 4.14. The molecule has 0 aromatic heterocycles. The van der Waals surface area contributed by atoms with E-state index >= 15 is 0 Å². The molecule has 0 aliphatic carbocycles. The van der Waals surface area contributed by atoms with Crippen molar-refractivity contribution in [2.45, 2.75) is 26.5 Å². The molecule has 1 heterocycles. The first-order chi connectivity index (χ1) is 11.7. The standard InChI is InChI=1S/C18H28FN3O2/c1-4-20-18(22-8-7-15(11-22)12-23-2)21-10-14-5-6-17(19)16(9-14)13-24-3/h5-6,9,15H,4,7-8,10-13H2,1-3H3,(H,20,21). The summed E-state index contributed by atoms with van der Waals surface area (Å²) < 4.78 is 24.0. The van der Waals surface area contributed by atoms with Gasteiger partial charge in [0, 0.05) is 45.3 Å². The van der Waals surface area contributed by atoms with Gasteiger partial charge in [-0.2, -0.15) is 0 Å². The quantitative estimate of drug-likeness (QED) is 0.613. The van der Waals surface area contributed by atoms with E-state index < -0.39 is 0 Å². The molecule has 134 valence electrons. The van der Waals surface area contributed by atoms with E-state index in [-0.39, 0.29) is 12.4 Å². The summed E-state index contributed by atoms with van der Waals surface area (Å²) in [4.78, 5) is 6.99. The maximum absolute atomic E-state index is 13.7. The summed E-state index contributed by atoms with van der Waals surface area (Å²) >= 11 is 0. The number of methoxy groups -OCH3 is 2. The Hall–Kier alpha value is -1.66. The Morgan fingerprint density at radius 2 is 2.21 bits per heavy atom. The Kier molecular flexibility index (Phi) is 7.46. The Labute approximate surface area is 143 Å². The lowest BCUT2D eigenvalue weighted by Gasteiger charge is -2.21. The highest BCUT2D eigenvalue weighted by Crippen LogP contribution is 2.17. The molecule has 1 atom stereocenters. The summed E-state index contributed by atoms with van der Waals surface area (Å²) in [6.45, 7) is 6.40. The number of hydrogen-bond acceptors (Lipinski definition) is 3. The van der Waals surface area contributed by atoms with E-state index in [9.17, 15) is 4.39 Å². The molecule has 0 bridgehead atoms. The van der Waals surface area contributed by atoms with Crippen molar-refractivity contribution in [2.75, 3.05) is 40.5 Å². The van der Waals surface area contributed by atoms with Gasteiger partial charge in [-0.25, -0.2) is 9.38 Å². The Morgan fingerprint density at radius 1 is 1.38 bits per heavy atom. The molecule has 0 spiro atoms. The minimum atomic E-state index is -0.238. The third kappa shape index (κ3) is 5.18. The van der Waals surface area contributed by atoms with Gasteiger partial charge in [-0.1, -0.05) is 6.07 Å². The highest BCUT2D eigenvalue weighted by atomic mass is 19.1. The lowest BCUT2D eigenvalue weighted by molar-refractivity contribution is 0.157. The third-order valence-electron chi connectivity index (χ3n) is 4.14. The van der Waals surface area contributed by atoms with Gasteiger partial charge in [-0.05, 0) is 31.0 Å². The Balaban J connectivity index is 2.04. The fraction of sp³-hybridized carbons (Fsp3) is 0.611. The first-order valence-corrected chi connectivity index (χ1v) is 8.46. The molecule has 1 saturated heterocycles. The molecule has 1 aromatic carbocycles. The van der Waals surface area contributed by atoms with Crippen LogP contribution in [0.25, 0.3) is 0 Å². The highest BCUT2D eigenvalue weighted by Gasteiger charge is 2.24. The number of benzene rings is 1. The van der Waals surface area contributed by atoms with Crippen molar-refractivity contribution in [1.82, 2.24) is 10.2 Å². The largest absolute Gasteiger partial charge is 0.384 e. The molecule has 1 aliphatic heterocycles. The summed E-state index contributed by atoms with van der Waals surface area (Å²) in [5.41, 5.74) is 1.54. The number of nitrogens with one attached hydrogen (secondary N) is 1. The summed E-state index contributed by atoms with van der Waals surface area (Å²) in [6.07, 6.45) is 1.12. The lowest BCUT2D eigenvalue weighted by Crippen LogP contribution is -2.40. The molecule has 6 heteroatoms. The molecule has 1 aliphatic rings. The average molecular weight is 337 g/mol. The molecule has 1 unspecified atom stereocenters. The number of aliphatic imine (C=N–C) groups is 1. The van der Waals surface area contributed by atoms with Crippen LogP contribution in [0.5, 0.6) is 0 Å². The Morgan fingerprint density at radius 3 is 2.92 bits per heavy atom. The van der Waals surface area contributed by atoms with Crippen LogP contribution in [0.3, 0.4) is 0 Å². The van der Waals surface area contributed by atoms with Crippen molar-refractivity contribution in [3.63, 3.8) is 0 Å². The van der Waals surface area contributed by atoms with Gasteiger partial charge >= 0.3 is 0 Å². The molecule has 0 radical (unpaired) electrons. The van der Waals surface area contributed by atoms with Crippen LogP contribution in [0, 0.1) is 11.7 Å². The van der Waals surface area contributed by atoms with Crippen LogP contribution < -0.4 is 5.32 Å². The van der Waals surface area contributed by atoms with Crippen LogP contribution in [-0.4, -0.2) is 51.3 Å². The molecule has 0 saturated carbocycles. The number of rotatable bonds is 7. The molecule has 24 heavy (non-hydrogen) atoms. The minimum Gasteiger partial charge on any atom is -0.384 e. The number of halogens is 1. The van der Waals surface area contributed by atoms with Crippen molar-refractivity contribution in [2.24, 2.45) is 10.9 Å². The van der Waals surface area contributed by atoms with Gasteiger partial charge in [0.1, 0.15) is 5.82 Å². The van der Waals surface area contributed by atoms with E-state index in [1.54, 1.807) is 20.3 Å². The zero-order valence-corrected chi connectivity index (χ0v) is 14.8. The number of ether oxygens (including phenoxy) is 2. The molecule has 0 amide bonds. The second-order valence-electron chi connectivity index (χ2n) is 6.08. The predicted octanol–water partition coefficient (Wildman–Crippen LogP) is 2.41. The Bertz CT molecular complexity index is 551. The molecule has 1 N–H and O–H groups in total. The molecule has 1 aromatic rings. The fourth-order valence-corrected chi connectivity index (χ4v) is 2.98. The molecular formula is C18H28FN3O2. The van der Waals surface area contributed by atoms with E-state index in [2.05, 4.69) is 17.1 Å². The van der Waals surface area contributed by atoms with E-state index in [1.807, 2.05) is 6.07 Å². The van der Waals surface area contributed by atoms with E-state index in [0.29, 0.717) is 18.0 Å². The van der Waals surface area contributed by atoms with Gasteiger partial charge < -0.3 is 19.7 Å². The number of likely N-dealkylation sites (tertiary alicyclic amines) is 1. The zero-order chi connectivity index (χ0) is 17.4. The highest BCUT2D eigenvalue weighted by molar-refractivity contribution is 5.80. The summed E-state index contributed by atoms with van der Waals surface area (Å²) in [6, 6.07) is 5.08. The molecule has 1 fully saturated rings.